The molecular formula is C27H33Na3O24. The fourth-order valence-electron chi connectivity index (χ4n) is 2.68. The number of carboxylic acids is 6. The monoisotopic (exact) mass is 810 g/mol. The molecule has 24 nitrogen and oxygen atoms in total. The number of aliphatic carboxylic acids is 6. The molecule has 0 aliphatic heterocycles. The van der Waals surface area contributed by atoms with Crippen molar-refractivity contribution in [2.24, 2.45) is 0 Å². The van der Waals surface area contributed by atoms with Gasteiger partial charge >= 0.3 is 160 Å². The van der Waals surface area contributed by atoms with Crippen molar-refractivity contribution in [2.75, 3.05) is 0 Å². The van der Waals surface area contributed by atoms with Crippen LogP contribution in [-0.2, 0) is 71.7 Å². The molecule has 3 unspecified atom stereocenters. The Labute approximate surface area is 368 Å². The van der Waals surface area contributed by atoms with Crippen LogP contribution >= 0.6 is 0 Å². The van der Waals surface area contributed by atoms with Crippen molar-refractivity contribution in [1.82, 2.24) is 0 Å². The van der Waals surface area contributed by atoms with Gasteiger partial charge in [0, 0.05) is 18.2 Å². The number of aliphatic hydroxyl groups is 3. The van der Waals surface area contributed by atoms with Gasteiger partial charge in [-0.1, -0.05) is 19.7 Å². The summed E-state index contributed by atoms with van der Waals surface area (Å²) in [6, 6.07) is 0. The van der Waals surface area contributed by atoms with Gasteiger partial charge in [-0.05, 0) is 0 Å². The van der Waals surface area contributed by atoms with Gasteiger partial charge in [0.2, 0.25) is 0 Å². The zero-order valence-electron chi connectivity index (χ0n) is 25.7. The summed E-state index contributed by atoms with van der Waals surface area (Å²) in [4.78, 5) is 128. The van der Waals surface area contributed by atoms with Gasteiger partial charge in [-0.2, -0.15) is 0 Å². The second-order valence-electron chi connectivity index (χ2n) is 9.24. The van der Waals surface area contributed by atoms with Crippen LogP contribution in [0.3, 0.4) is 0 Å². The molecule has 27 heteroatoms. The predicted molar refractivity (Wildman–Crippen MR) is 174 cm³/mol. The predicted octanol–water partition coefficient (Wildman–Crippen LogP) is -5.18. The van der Waals surface area contributed by atoms with Gasteiger partial charge in [0.05, 0.1) is 38.5 Å². The molecule has 0 aromatic rings. The summed E-state index contributed by atoms with van der Waals surface area (Å²) >= 11 is 0. The minimum atomic E-state index is -2.82. The van der Waals surface area contributed by atoms with E-state index in [2.05, 4.69) is 33.9 Å². The van der Waals surface area contributed by atoms with E-state index in [1.54, 1.807) is 0 Å². The summed E-state index contributed by atoms with van der Waals surface area (Å²) < 4.78 is 12.0. The Bertz CT molecular complexity index is 1300. The van der Waals surface area contributed by atoms with Crippen LogP contribution in [0.25, 0.3) is 0 Å². The number of rotatable bonds is 18. The third-order valence-electron chi connectivity index (χ3n) is 4.98. The molecule has 54 heavy (non-hydrogen) atoms. The SMILES string of the molecule is C=CC(=O)OC(=O)CC(O)(CC(=O)O)C(=O)O.C=CC(=O)OC(=O)CC(O)(CC(=O)O)C(=O)O.C=CC(=O)OC(=O)CC(O)(CC(=O)O)C(=O)O.[NaH].[NaH].[NaH]. The van der Waals surface area contributed by atoms with Crippen LogP contribution in [-0.4, -0.2) is 223 Å². The van der Waals surface area contributed by atoms with Gasteiger partial charge in [0.15, 0.2) is 16.8 Å². The van der Waals surface area contributed by atoms with E-state index in [9.17, 15) is 72.9 Å². The Morgan fingerprint density at radius 1 is 0.389 bits per heavy atom. The standard InChI is InChI=1S/3C9H10O8.3Na.3H/c3*1-2-6(12)17-7(13)4-9(16,8(14)15)3-5(10)11;;;;;;/h3*2,16H,1,3-4H2,(H,10,11)(H,14,15);;;;;;. The fraction of sp³-hybridized carbons (Fsp3) is 0.333. The molecule has 0 spiro atoms. The first kappa shape index (κ1) is 62.3. The normalized spacial score (nSPS) is 12.5. The Hall–Kier alpha value is -3.66. The van der Waals surface area contributed by atoms with Crippen LogP contribution in [0.4, 0.5) is 0 Å². The van der Waals surface area contributed by atoms with Crippen LogP contribution in [0.2, 0.25) is 0 Å². The summed E-state index contributed by atoms with van der Waals surface area (Å²) in [7, 11) is 0. The summed E-state index contributed by atoms with van der Waals surface area (Å²) in [5.74, 6) is -18.0. The minimum absolute atomic E-state index is 0. The van der Waals surface area contributed by atoms with E-state index in [-0.39, 0.29) is 88.7 Å². The first-order valence-corrected chi connectivity index (χ1v) is 12.8. The Morgan fingerprint density at radius 2 is 0.556 bits per heavy atom. The molecule has 0 radical (unpaired) electrons. The number of hydrogen-bond acceptors (Lipinski definition) is 18. The Morgan fingerprint density at radius 3 is 0.667 bits per heavy atom. The fourth-order valence-corrected chi connectivity index (χ4v) is 2.68. The molecule has 0 fully saturated rings. The van der Waals surface area contributed by atoms with Crippen molar-refractivity contribution in [3.8, 4) is 0 Å². The quantitative estimate of drug-likeness (QED) is 0.0205. The molecule has 0 aliphatic rings. The molecule has 0 saturated carbocycles. The van der Waals surface area contributed by atoms with Crippen LogP contribution in [0.15, 0.2) is 38.0 Å². The van der Waals surface area contributed by atoms with E-state index in [0.29, 0.717) is 18.2 Å². The van der Waals surface area contributed by atoms with Gasteiger partial charge in [-0.15, -0.1) is 0 Å². The van der Waals surface area contributed by atoms with E-state index in [1.807, 2.05) is 0 Å². The zero-order chi connectivity index (χ0) is 40.9. The van der Waals surface area contributed by atoms with Crippen molar-refractivity contribution < 1.29 is 118 Å². The molecule has 0 amide bonds. The summed E-state index contributed by atoms with van der Waals surface area (Å²) in [5, 5.41) is 79.1. The van der Waals surface area contributed by atoms with Crippen molar-refractivity contribution >= 4 is 160 Å². The summed E-state index contributed by atoms with van der Waals surface area (Å²) in [5.41, 5.74) is -8.45. The third kappa shape index (κ3) is 27.9. The van der Waals surface area contributed by atoms with Gasteiger partial charge in [-0.3, -0.25) is 28.8 Å². The molecule has 0 aromatic carbocycles. The first-order valence-electron chi connectivity index (χ1n) is 12.8. The Kier molecular flexibility index (Phi) is 34.2. The summed E-state index contributed by atoms with van der Waals surface area (Å²) in [6.07, 6.45) is -5.07. The number of carbonyl (C=O) groups is 12. The number of hydrogen-bond donors (Lipinski definition) is 9. The number of ether oxygens (including phenoxy) is 3. The molecule has 0 bridgehead atoms. The zero-order valence-corrected chi connectivity index (χ0v) is 25.7. The molecule has 9 N–H and O–H groups in total. The van der Waals surface area contributed by atoms with Crippen molar-refractivity contribution in [1.29, 1.82) is 0 Å². The molecule has 0 rings (SSSR count). The van der Waals surface area contributed by atoms with E-state index in [4.69, 9.17) is 30.6 Å². The average molecular weight is 811 g/mol. The van der Waals surface area contributed by atoms with Crippen LogP contribution in [0, 0.1) is 0 Å². The number of carboxylic acid groups (broad SMARTS) is 6. The maximum absolute atomic E-state index is 11.0. The van der Waals surface area contributed by atoms with Crippen molar-refractivity contribution in [3.63, 3.8) is 0 Å². The molecule has 288 valence electrons. The third-order valence-corrected chi connectivity index (χ3v) is 4.98. The molecule has 0 saturated heterocycles. The van der Waals surface area contributed by atoms with Crippen LogP contribution < -0.4 is 0 Å². The van der Waals surface area contributed by atoms with Crippen molar-refractivity contribution in [2.45, 2.75) is 55.3 Å². The second-order valence-corrected chi connectivity index (χ2v) is 9.24. The number of esters is 6. The summed E-state index contributed by atoms with van der Waals surface area (Å²) in [6.45, 7) is 8.98. The van der Waals surface area contributed by atoms with Gasteiger partial charge in [0.1, 0.15) is 0 Å². The van der Waals surface area contributed by atoms with Crippen LogP contribution in [0.5, 0.6) is 0 Å². The van der Waals surface area contributed by atoms with E-state index in [0.717, 1.165) is 0 Å². The molecular weight excluding hydrogens is 777 g/mol. The average Bonchev–Trinajstić information content (AvgIpc) is 2.95. The first-order chi connectivity index (χ1) is 23.1. The second kappa shape index (κ2) is 29.7. The maximum atomic E-state index is 11.0. The van der Waals surface area contributed by atoms with E-state index in [1.165, 1.54) is 0 Å². The van der Waals surface area contributed by atoms with Gasteiger partial charge in [-0.25, -0.2) is 28.8 Å². The van der Waals surface area contributed by atoms with Gasteiger partial charge in [0.25, 0.3) is 0 Å². The van der Waals surface area contributed by atoms with Crippen molar-refractivity contribution in [3.05, 3.63) is 38.0 Å². The number of carbonyl (C=O) groups excluding carboxylic acids is 6. The van der Waals surface area contributed by atoms with E-state index < -0.39 is 127 Å². The van der Waals surface area contributed by atoms with Gasteiger partial charge < -0.3 is 60.2 Å². The molecule has 3 atom stereocenters. The van der Waals surface area contributed by atoms with Crippen LogP contribution in [0.1, 0.15) is 38.5 Å². The molecule has 0 aliphatic carbocycles. The van der Waals surface area contributed by atoms with E-state index >= 15 is 0 Å². The molecule has 0 aromatic heterocycles. The topological polar surface area (TPSA) is 415 Å². The Balaban J connectivity index is -0.000000156. The molecule has 0 heterocycles.